The van der Waals surface area contributed by atoms with Crippen LogP contribution in [0.3, 0.4) is 0 Å². The zero-order chi connectivity index (χ0) is 27.2. The average molecular weight is 533 g/mol. The summed E-state index contributed by atoms with van der Waals surface area (Å²) in [5.74, 6) is -0.472. The van der Waals surface area contributed by atoms with E-state index in [2.05, 4.69) is 20.8 Å². The number of hydrogen-bond acceptors (Lipinski definition) is 7. The molecule has 1 spiro atoms. The van der Waals surface area contributed by atoms with E-state index < -0.39 is 11.8 Å². The molecule has 1 N–H and O–H groups in total. The molecule has 5 aliphatic rings. The molecule has 8 heteroatoms. The monoisotopic (exact) mass is 532 g/mol. The van der Waals surface area contributed by atoms with E-state index in [1.807, 2.05) is 0 Å². The summed E-state index contributed by atoms with van der Waals surface area (Å²) in [5, 5.41) is 10.0. The Morgan fingerprint density at radius 3 is 2.61 bits per heavy atom. The van der Waals surface area contributed by atoms with Crippen molar-refractivity contribution in [2.24, 2.45) is 40.9 Å². The lowest BCUT2D eigenvalue weighted by atomic mass is 9.50. The van der Waals surface area contributed by atoms with Crippen molar-refractivity contribution in [3.8, 4) is 0 Å². The van der Waals surface area contributed by atoms with E-state index in [1.54, 1.807) is 0 Å². The number of carboxylic acid groups (broad SMARTS) is 1. The molecule has 212 valence electrons. The molecule has 4 fully saturated rings. The number of carbonyl (C=O) groups excluding carboxylic acids is 2. The minimum Gasteiger partial charge on any atom is -0.481 e. The second kappa shape index (κ2) is 10.6. The van der Waals surface area contributed by atoms with Gasteiger partial charge in [-0.05, 0) is 79.6 Å². The summed E-state index contributed by atoms with van der Waals surface area (Å²) in [6.07, 6.45) is 6.92. The normalized spacial score (nSPS) is 44.4. The highest BCUT2D eigenvalue weighted by Gasteiger charge is 2.60. The Morgan fingerprint density at radius 2 is 1.95 bits per heavy atom. The lowest BCUT2D eigenvalue weighted by Gasteiger charge is -2.55. The molecular formula is C30H44O8. The van der Waals surface area contributed by atoms with Gasteiger partial charge < -0.3 is 24.1 Å². The van der Waals surface area contributed by atoms with Gasteiger partial charge in [-0.2, -0.15) is 0 Å². The third-order valence-electron chi connectivity index (χ3n) is 10.9. The number of carbonyl (C=O) groups is 3. The maximum Gasteiger partial charge on any atom is 0.303 e. The van der Waals surface area contributed by atoms with E-state index >= 15 is 0 Å². The minimum absolute atomic E-state index is 0.0330. The van der Waals surface area contributed by atoms with Crippen LogP contribution in [0.4, 0.5) is 0 Å². The summed E-state index contributed by atoms with van der Waals surface area (Å²) in [5.41, 5.74) is 2.22. The van der Waals surface area contributed by atoms with Crippen LogP contribution in [-0.2, 0) is 33.3 Å². The fraction of sp³-hybridized carbons (Fsp3) is 0.833. The van der Waals surface area contributed by atoms with Gasteiger partial charge in [-0.25, -0.2) is 0 Å². The Kier molecular flexibility index (Phi) is 7.68. The molecule has 3 aliphatic carbocycles. The van der Waals surface area contributed by atoms with Crippen molar-refractivity contribution in [1.29, 1.82) is 0 Å². The van der Waals surface area contributed by atoms with Crippen molar-refractivity contribution < 1.29 is 38.4 Å². The molecule has 0 amide bonds. The first-order valence-electron chi connectivity index (χ1n) is 14.6. The third kappa shape index (κ3) is 4.80. The lowest BCUT2D eigenvalue weighted by molar-refractivity contribution is -0.269. The maximum absolute atomic E-state index is 12.2. The fourth-order valence-corrected chi connectivity index (χ4v) is 9.01. The fourth-order valence-electron chi connectivity index (χ4n) is 9.01. The summed E-state index contributed by atoms with van der Waals surface area (Å²) in [7, 11) is 0. The van der Waals surface area contributed by atoms with E-state index in [1.165, 1.54) is 12.5 Å². The van der Waals surface area contributed by atoms with Gasteiger partial charge in [-0.1, -0.05) is 26.3 Å². The molecule has 0 unspecified atom stereocenters. The van der Waals surface area contributed by atoms with Gasteiger partial charge in [-0.3, -0.25) is 14.4 Å². The zero-order valence-electron chi connectivity index (χ0n) is 23.3. The number of rotatable bonds is 7. The van der Waals surface area contributed by atoms with Crippen LogP contribution < -0.4 is 0 Å². The number of carboxylic acids is 1. The molecule has 0 aromatic rings. The van der Waals surface area contributed by atoms with Crippen molar-refractivity contribution in [2.75, 3.05) is 13.2 Å². The molecule has 8 nitrogen and oxygen atoms in total. The minimum atomic E-state index is -0.776. The van der Waals surface area contributed by atoms with Crippen LogP contribution in [0, 0.1) is 40.9 Å². The van der Waals surface area contributed by atoms with Crippen molar-refractivity contribution in [2.45, 2.75) is 103 Å². The van der Waals surface area contributed by atoms with Crippen LogP contribution in [0.25, 0.3) is 0 Å². The Labute approximate surface area is 225 Å². The van der Waals surface area contributed by atoms with Crippen molar-refractivity contribution >= 4 is 18.4 Å². The Bertz CT molecular complexity index is 965. The van der Waals surface area contributed by atoms with Crippen molar-refractivity contribution in [3.05, 3.63) is 11.1 Å². The quantitative estimate of drug-likeness (QED) is 0.280. The highest BCUT2D eigenvalue weighted by atomic mass is 16.7. The highest BCUT2D eigenvalue weighted by Crippen LogP contribution is 2.62. The van der Waals surface area contributed by atoms with Crippen molar-refractivity contribution in [1.82, 2.24) is 0 Å². The number of aliphatic carboxylic acids is 1. The van der Waals surface area contributed by atoms with Gasteiger partial charge in [0.2, 0.25) is 0 Å². The van der Waals surface area contributed by atoms with Crippen LogP contribution >= 0.6 is 0 Å². The summed E-state index contributed by atoms with van der Waals surface area (Å²) in [6, 6.07) is 0. The first kappa shape index (κ1) is 27.6. The first-order valence-corrected chi connectivity index (χ1v) is 14.6. The van der Waals surface area contributed by atoms with Gasteiger partial charge in [0.25, 0.3) is 6.47 Å². The second-order valence-corrected chi connectivity index (χ2v) is 13.0. The summed E-state index contributed by atoms with van der Waals surface area (Å²) >= 11 is 0. The smallest absolute Gasteiger partial charge is 0.303 e. The average Bonchev–Trinajstić information content (AvgIpc) is 3.33. The predicted molar refractivity (Wildman–Crippen MR) is 138 cm³/mol. The van der Waals surface area contributed by atoms with Gasteiger partial charge in [-0.15, -0.1) is 0 Å². The largest absolute Gasteiger partial charge is 0.481 e. The molecule has 2 saturated heterocycles. The molecular weight excluding hydrogens is 488 g/mol. The Hall–Kier alpha value is -1.93. The molecule has 0 aromatic carbocycles. The molecule has 0 bridgehead atoms. The van der Waals surface area contributed by atoms with Gasteiger partial charge in [0, 0.05) is 31.6 Å². The van der Waals surface area contributed by atoms with E-state index in [4.69, 9.17) is 18.9 Å². The third-order valence-corrected chi connectivity index (χ3v) is 10.9. The summed E-state index contributed by atoms with van der Waals surface area (Å²) < 4.78 is 24.0. The van der Waals surface area contributed by atoms with Crippen LogP contribution in [-0.4, -0.2) is 54.7 Å². The number of fused-ring (bicyclic) bond motifs is 2. The summed E-state index contributed by atoms with van der Waals surface area (Å²) in [4.78, 5) is 35.1. The van der Waals surface area contributed by atoms with Gasteiger partial charge in [0.05, 0.1) is 12.7 Å². The van der Waals surface area contributed by atoms with E-state index in [0.717, 1.165) is 56.9 Å². The van der Waals surface area contributed by atoms with Crippen molar-refractivity contribution in [3.63, 3.8) is 0 Å². The van der Waals surface area contributed by atoms with Gasteiger partial charge >= 0.3 is 11.9 Å². The topological polar surface area (TPSA) is 108 Å². The van der Waals surface area contributed by atoms with Crippen LogP contribution in [0.2, 0.25) is 0 Å². The molecule has 10 atom stereocenters. The molecule has 0 aromatic heterocycles. The second-order valence-electron chi connectivity index (χ2n) is 13.0. The number of hydrogen-bond donors (Lipinski definition) is 1. The maximum atomic E-state index is 12.2. The van der Waals surface area contributed by atoms with Crippen LogP contribution in [0.15, 0.2) is 11.1 Å². The summed E-state index contributed by atoms with van der Waals surface area (Å²) in [6.45, 7) is 9.54. The molecule has 2 heterocycles. The first-order chi connectivity index (χ1) is 18.1. The molecule has 2 saturated carbocycles. The molecule has 0 radical (unpaired) electrons. The Morgan fingerprint density at radius 1 is 1.16 bits per heavy atom. The SMILES string of the molecule is CC(=O)O[C@H]1CC[C@@]2(C)[C@@H](CC[C@@H](C3=C(COC=O)[C@@H]4[C@H](C3)O[C@]3(CC[C@@H](C)CO3)[C@H]4C)[C@@H]2CC(=O)O)C1. The van der Waals surface area contributed by atoms with Crippen LogP contribution in [0.1, 0.15) is 85.5 Å². The molecule has 2 aliphatic heterocycles. The highest BCUT2D eigenvalue weighted by molar-refractivity contribution is 5.67. The number of ether oxygens (including phenoxy) is 4. The molecule has 5 rings (SSSR count). The lowest BCUT2D eigenvalue weighted by Crippen LogP contribution is -2.49. The molecule has 38 heavy (non-hydrogen) atoms. The van der Waals surface area contributed by atoms with E-state index in [0.29, 0.717) is 24.9 Å². The van der Waals surface area contributed by atoms with Gasteiger partial charge in [0.1, 0.15) is 12.7 Å². The zero-order valence-corrected chi connectivity index (χ0v) is 23.3. The van der Waals surface area contributed by atoms with Crippen LogP contribution in [0.5, 0.6) is 0 Å². The van der Waals surface area contributed by atoms with E-state index in [9.17, 15) is 19.5 Å². The van der Waals surface area contributed by atoms with E-state index in [-0.39, 0.29) is 60.3 Å². The Balaban J connectivity index is 1.45. The predicted octanol–water partition coefficient (Wildman–Crippen LogP) is 4.89. The van der Waals surface area contributed by atoms with Gasteiger partial charge in [0.15, 0.2) is 5.79 Å². The standard InChI is InChI=1S/C30H44O8/c1-17-7-10-30(36-14-17)18(2)28-24(15-35-16-31)23(12-26(28)38-30)22-6-5-20-11-21(37-19(3)32)8-9-29(20,4)25(22)13-27(33)34/h16-18,20-22,25-26,28H,5-15H2,1-4H3,(H,33,34)/t17-,18+,20+,21+,22+,25+,26+,28-,29+,30-/m1/s1. The number of esters is 1.